The van der Waals surface area contributed by atoms with Gasteiger partial charge in [-0.3, -0.25) is 9.69 Å². The van der Waals surface area contributed by atoms with Crippen LogP contribution in [0.3, 0.4) is 0 Å². The summed E-state index contributed by atoms with van der Waals surface area (Å²) in [6.07, 6.45) is 4.91. The van der Waals surface area contributed by atoms with Gasteiger partial charge in [-0.15, -0.1) is 0 Å². The monoisotopic (exact) mass is 434 g/mol. The van der Waals surface area contributed by atoms with E-state index >= 15 is 0 Å². The SMILES string of the molecule is CC1CN(CC2CCN(C(=O)C3(c4ccc(Br)cc4)CC3)CC2)CC(C)O1. The molecule has 1 amide bonds. The first kappa shape index (κ1) is 19.4. The molecule has 0 spiro atoms. The standard InChI is InChI=1S/C22H31BrN2O2/c1-16-13-24(14-17(2)27-16)15-18-7-11-25(12-8-18)21(26)22(9-10-22)19-3-5-20(23)6-4-19/h3-6,16-18H,7-15H2,1-2H3. The lowest BCUT2D eigenvalue weighted by Crippen LogP contribution is -2.49. The number of amides is 1. The highest BCUT2D eigenvalue weighted by molar-refractivity contribution is 9.10. The number of halogens is 1. The van der Waals surface area contributed by atoms with Crippen molar-refractivity contribution in [2.45, 2.75) is 57.2 Å². The zero-order valence-corrected chi connectivity index (χ0v) is 18.1. The van der Waals surface area contributed by atoms with Crippen molar-refractivity contribution in [3.63, 3.8) is 0 Å². The van der Waals surface area contributed by atoms with Crippen molar-refractivity contribution in [3.05, 3.63) is 34.3 Å². The number of ether oxygens (including phenoxy) is 1. The predicted molar refractivity (Wildman–Crippen MR) is 111 cm³/mol. The molecule has 2 atom stereocenters. The van der Waals surface area contributed by atoms with E-state index in [4.69, 9.17) is 4.74 Å². The highest BCUT2D eigenvalue weighted by Crippen LogP contribution is 2.50. The van der Waals surface area contributed by atoms with Crippen LogP contribution >= 0.6 is 15.9 Å². The van der Waals surface area contributed by atoms with Crippen LogP contribution in [0.25, 0.3) is 0 Å². The van der Waals surface area contributed by atoms with E-state index in [1.54, 1.807) is 0 Å². The average molecular weight is 435 g/mol. The van der Waals surface area contributed by atoms with Crippen LogP contribution in [0, 0.1) is 5.92 Å². The molecule has 0 aromatic heterocycles. The highest BCUT2D eigenvalue weighted by Gasteiger charge is 2.53. The number of rotatable bonds is 4. The van der Waals surface area contributed by atoms with Crippen LogP contribution < -0.4 is 0 Å². The van der Waals surface area contributed by atoms with E-state index in [1.165, 1.54) is 5.56 Å². The van der Waals surface area contributed by atoms with Crippen LogP contribution in [0.5, 0.6) is 0 Å². The second kappa shape index (κ2) is 7.84. The summed E-state index contributed by atoms with van der Waals surface area (Å²) in [4.78, 5) is 17.9. The zero-order chi connectivity index (χ0) is 19.0. The molecule has 3 aliphatic rings. The molecule has 2 saturated heterocycles. The van der Waals surface area contributed by atoms with E-state index in [-0.39, 0.29) is 5.41 Å². The first-order valence-corrected chi connectivity index (χ1v) is 11.2. The molecule has 0 N–H and O–H groups in total. The Balaban J connectivity index is 1.31. The molecule has 2 aliphatic heterocycles. The van der Waals surface area contributed by atoms with Crippen LogP contribution in [-0.4, -0.2) is 60.6 Å². The number of carbonyl (C=O) groups excluding carboxylic acids is 1. The molecule has 148 valence electrons. The maximum atomic E-state index is 13.2. The maximum Gasteiger partial charge on any atom is 0.233 e. The number of nitrogens with zero attached hydrogens (tertiary/aromatic N) is 2. The van der Waals surface area contributed by atoms with E-state index in [0.717, 1.165) is 62.9 Å². The van der Waals surface area contributed by atoms with Gasteiger partial charge in [-0.1, -0.05) is 28.1 Å². The molecule has 3 fully saturated rings. The Hall–Kier alpha value is -0.910. The predicted octanol–water partition coefficient (Wildman–Crippen LogP) is 3.83. The minimum absolute atomic E-state index is 0.234. The number of benzene rings is 1. The number of hydrogen-bond acceptors (Lipinski definition) is 3. The molecule has 1 saturated carbocycles. The van der Waals surface area contributed by atoms with E-state index < -0.39 is 0 Å². The average Bonchev–Trinajstić information content (AvgIpc) is 3.43. The van der Waals surface area contributed by atoms with Gasteiger partial charge in [0.05, 0.1) is 17.6 Å². The van der Waals surface area contributed by atoms with Gasteiger partial charge < -0.3 is 9.64 Å². The topological polar surface area (TPSA) is 32.8 Å². The molecule has 4 nitrogen and oxygen atoms in total. The summed E-state index contributed by atoms with van der Waals surface area (Å²) in [5, 5.41) is 0. The first-order valence-electron chi connectivity index (χ1n) is 10.4. The van der Waals surface area contributed by atoms with Crippen molar-refractivity contribution in [2.75, 3.05) is 32.7 Å². The third-order valence-electron chi connectivity index (χ3n) is 6.47. The fourth-order valence-electron chi connectivity index (χ4n) is 4.94. The summed E-state index contributed by atoms with van der Waals surface area (Å²) in [6, 6.07) is 8.34. The summed E-state index contributed by atoms with van der Waals surface area (Å²) in [5.41, 5.74) is 0.955. The van der Waals surface area contributed by atoms with E-state index in [2.05, 4.69) is 63.8 Å². The second-order valence-corrected chi connectivity index (χ2v) is 9.72. The molecule has 2 unspecified atom stereocenters. The summed E-state index contributed by atoms with van der Waals surface area (Å²) >= 11 is 3.49. The summed E-state index contributed by atoms with van der Waals surface area (Å²) in [5.74, 6) is 1.06. The van der Waals surface area contributed by atoms with Gasteiger partial charge in [-0.2, -0.15) is 0 Å². The Bertz CT molecular complexity index is 655. The van der Waals surface area contributed by atoms with Crippen molar-refractivity contribution in [3.8, 4) is 0 Å². The van der Waals surface area contributed by atoms with E-state index in [1.807, 2.05) is 0 Å². The number of hydrogen-bond donors (Lipinski definition) is 0. The van der Waals surface area contributed by atoms with Crippen LogP contribution in [-0.2, 0) is 14.9 Å². The van der Waals surface area contributed by atoms with Crippen LogP contribution in [0.2, 0.25) is 0 Å². The zero-order valence-electron chi connectivity index (χ0n) is 16.5. The van der Waals surface area contributed by atoms with Gasteiger partial charge in [0, 0.05) is 37.2 Å². The number of carbonyl (C=O) groups is 1. The smallest absolute Gasteiger partial charge is 0.233 e. The fraction of sp³-hybridized carbons (Fsp3) is 0.682. The lowest BCUT2D eigenvalue weighted by molar-refractivity contribution is -0.135. The molecule has 1 aromatic carbocycles. The van der Waals surface area contributed by atoms with Crippen LogP contribution in [0.4, 0.5) is 0 Å². The fourth-order valence-corrected chi connectivity index (χ4v) is 5.20. The first-order chi connectivity index (χ1) is 13.0. The number of piperidine rings is 1. The number of morpholine rings is 1. The Morgan fingerprint density at radius 2 is 1.70 bits per heavy atom. The lowest BCUT2D eigenvalue weighted by atomic mass is 9.91. The summed E-state index contributed by atoms with van der Waals surface area (Å²) in [6.45, 7) is 9.39. The van der Waals surface area contributed by atoms with Gasteiger partial charge in [0.15, 0.2) is 0 Å². The molecule has 5 heteroatoms. The maximum absolute atomic E-state index is 13.2. The Kier molecular flexibility index (Phi) is 5.64. The van der Waals surface area contributed by atoms with Crippen molar-refractivity contribution in [2.24, 2.45) is 5.92 Å². The van der Waals surface area contributed by atoms with E-state index in [9.17, 15) is 4.79 Å². The molecular formula is C22H31BrN2O2. The van der Waals surface area contributed by atoms with Gasteiger partial charge in [-0.05, 0) is 63.1 Å². The van der Waals surface area contributed by atoms with E-state index in [0.29, 0.717) is 24.0 Å². The van der Waals surface area contributed by atoms with Gasteiger partial charge in [0.2, 0.25) is 5.91 Å². The third kappa shape index (κ3) is 4.25. The third-order valence-corrected chi connectivity index (χ3v) is 7.00. The van der Waals surface area contributed by atoms with Gasteiger partial charge >= 0.3 is 0 Å². The molecule has 27 heavy (non-hydrogen) atoms. The van der Waals surface area contributed by atoms with Crippen LogP contribution in [0.1, 0.15) is 45.1 Å². The molecule has 0 radical (unpaired) electrons. The second-order valence-electron chi connectivity index (χ2n) is 8.80. The molecule has 0 bridgehead atoms. The lowest BCUT2D eigenvalue weighted by Gasteiger charge is -2.40. The van der Waals surface area contributed by atoms with Gasteiger partial charge in [-0.25, -0.2) is 0 Å². The minimum Gasteiger partial charge on any atom is -0.373 e. The van der Waals surface area contributed by atoms with Gasteiger partial charge in [0.1, 0.15) is 0 Å². The Morgan fingerprint density at radius 1 is 1.11 bits per heavy atom. The minimum atomic E-state index is -0.234. The Labute approximate surface area is 171 Å². The van der Waals surface area contributed by atoms with Crippen molar-refractivity contribution >= 4 is 21.8 Å². The molecule has 2 heterocycles. The van der Waals surface area contributed by atoms with Crippen molar-refractivity contribution < 1.29 is 9.53 Å². The quantitative estimate of drug-likeness (QED) is 0.721. The summed E-state index contributed by atoms with van der Waals surface area (Å²) < 4.78 is 6.92. The Morgan fingerprint density at radius 3 is 2.26 bits per heavy atom. The number of likely N-dealkylation sites (tertiary alicyclic amines) is 1. The van der Waals surface area contributed by atoms with Crippen molar-refractivity contribution in [1.29, 1.82) is 0 Å². The molecular weight excluding hydrogens is 404 g/mol. The van der Waals surface area contributed by atoms with Crippen LogP contribution in [0.15, 0.2) is 28.7 Å². The highest BCUT2D eigenvalue weighted by atomic mass is 79.9. The molecule has 1 aromatic rings. The normalized spacial score (nSPS) is 28.9. The van der Waals surface area contributed by atoms with Gasteiger partial charge in [0.25, 0.3) is 0 Å². The molecule has 4 rings (SSSR count). The van der Waals surface area contributed by atoms with Crippen molar-refractivity contribution in [1.82, 2.24) is 9.80 Å². The largest absolute Gasteiger partial charge is 0.373 e. The molecule has 1 aliphatic carbocycles. The summed E-state index contributed by atoms with van der Waals surface area (Å²) in [7, 11) is 0.